The maximum Gasteiger partial charge on any atom is 0.410 e. The second kappa shape index (κ2) is 14.3. The van der Waals surface area contributed by atoms with Crippen LogP contribution in [0.4, 0.5) is 4.79 Å². The number of likely N-dealkylation sites (tertiary alicyclic amines) is 1. The minimum Gasteiger partial charge on any atom is -0.481 e. The highest BCUT2D eigenvalue weighted by Crippen LogP contribution is 2.47. The maximum absolute atomic E-state index is 12.8. The van der Waals surface area contributed by atoms with Crippen molar-refractivity contribution in [3.8, 4) is 0 Å². The molecule has 0 bridgehead atoms. The van der Waals surface area contributed by atoms with E-state index in [0.717, 1.165) is 31.3 Å². The molecule has 3 heterocycles. The zero-order chi connectivity index (χ0) is 29.6. The molecule has 0 aromatic heterocycles. The number of aliphatic hydroxyl groups excluding tert-OH is 1. The quantitative estimate of drug-likeness (QED) is 0.252. The highest BCUT2D eigenvalue weighted by Gasteiger charge is 2.56. The SMILES string of the molecule is CO[C@H]([C@@H](C)[C@H]1O[C@]1(C)C[C@H](C)/C=C/C=C(\C)[C@H]1O[C@@H](CC(=O)O)C[C@@H](OC(=O)N2CCCCC2)[C@@H]1C)[C@@H](C)O. The number of aliphatic hydroxyl groups is 1. The van der Waals surface area contributed by atoms with Crippen molar-refractivity contribution in [1.29, 1.82) is 0 Å². The summed E-state index contributed by atoms with van der Waals surface area (Å²) in [5.74, 6) is -0.705. The summed E-state index contributed by atoms with van der Waals surface area (Å²) in [6.07, 6.45) is 7.95. The molecule has 0 aliphatic carbocycles. The summed E-state index contributed by atoms with van der Waals surface area (Å²) in [4.78, 5) is 26.1. The summed E-state index contributed by atoms with van der Waals surface area (Å²) in [5, 5.41) is 19.4. The lowest BCUT2D eigenvalue weighted by Crippen LogP contribution is -2.48. The predicted octanol–water partition coefficient (Wildman–Crippen LogP) is 4.96. The summed E-state index contributed by atoms with van der Waals surface area (Å²) in [7, 11) is 1.62. The maximum atomic E-state index is 12.8. The molecular weight excluding hydrogens is 514 g/mol. The molecule has 0 saturated carbocycles. The number of hydrogen-bond donors (Lipinski definition) is 2. The topological polar surface area (TPSA) is 118 Å². The van der Waals surface area contributed by atoms with Gasteiger partial charge < -0.3 is 34.1 Å². The molecule has 9 heteroatoms. The van der Waals surface area contributed by atoms with Crippen molar-refractivity contribution in [1.82, 2.24) is 4.90 Å². The fourth-order valence-electron chi connectivity index (χ4n) is 6.65. The van der Waals surface area contributed by atoms with Crippen LogP contribution < -0.4 is 0 Å². The van der Waals surface area contributed by atoms with Crippen LogP contribution in [0.1, 0.15) is 80.1 Å². The fraction of sp³-hybridized carbons (Fsp3) is 0.806. The molecule has 3 aliphatic heterocycles. The summed E-state index contributed by atoms with van der Waals surface area (Å²) >= 11 is 0. The molecule has 0 aromatic rings. The largest absolute Gasteiger partial charge is 0.481 e. The van der Waals surface area contributed by atoms with E-state index < -0.39 is 24.3 Å². The van der Waals surface area contributed by atoms with Gasteiger partial charge in [0, 0.05) is 38.5 Å². The summed E-state index contributed by atoms with van der Waals surface area (Å²) in [6.45, 7) is 13.5. The minimum absolute atomic E-state index is 0.0346. The van der Waals surface area contributed by atoms with Gasteiger partial charge >= 0.3 is 12.1 Å². The summed E-state index contributed by atoms with van der Waals surface area (Å²) in [6, 6.07) is 0. The van der Waals surface area contributed by atoms with Crippen LogP contribution in [0.2, 0.25) is 0 Å². The Balaban J connectivity index is 1.61. The second-order valence-corrected chi connectivity index (χ2v) is 12.5. The van der Waals surface area contributed by atoms with Crippen LogP contribution in [0.3, 0.4) is 0 Å². The molecule has 9 nitrogen and oxygen atoms in total. The van der Waals surface area contributed by atoms with Crippen molar-refractivity contribution in [2.24, 2.45) is 17.8 Å². The Bertz CT molecular complexity index is 913. The molecule has 40 heavy (non-hydrogen) atoms. The van der Waals surface area contributed by atoms with E-state index in [1.165, 1.54) is 0 Å². The molecule has 0 radical (unpaired) electrons. The van der Waals surface area contributed by atoms with Crippen LogP contribution in [0.25, 0.3) is 0 Å². The Morgan fingerprint density at radius 3 is 2.45 bits per heavy atom. The first kappa shape index (κ1) is 32.6. The Morgan fingerprint density at radius 2 is 1.85 bits per heavy atom. The number of epoxide rings is 1. The number of nitrogens with zero attached hydrogens (tertiary/aromatic N) is 1. The van der Waals surface area contributed by atoms with Crippen molar-refractivity contribution < 1.29 is 38.7 Å². The third-order valence-electron chi connectivity index (χ3n) is 8.83. The number of methoxy groups -OCH3 is 1. The molecule has 3 aliphatic rings. The number of amides is 1. The number of rotatable bonds is 12. The van der Waals surface area contributed by atoms with Gasteiger partial charge in [-0.1, -0.05) is 39.0 Å². The molecule has 228 valence electrons. The van der Waals surface area contributed by atoms with Gasteiger partial charge in [-0.05, 0) is 57.9 Å². The van der Waals surface area contributed by atoms with E-state index in [-0.39, 0.29) is 54.2 Å². The van der Waals surface area contributed by atoms with Crippen LogP contribution in [0, 0.1) is 17.8 Å². The monoisotopic (exact) mass is 565 g/mol. The van der Waals surface area contributed by atoms with Crippen molar-refractivity contribution in [2.75, 3.05) is 20.2 Å². The molecule has 1 amide bonds. The molecule has 2 N–H and O–H groups in total. The van der Waals surface area contributed by atoms with E-state index in [1.54, 1.807) is 18.9 Å². The van der Waals surface area contributed by atoms with Gasteiger partial charge in [-0.25, -0.2) is 4.79 Å². The van der Waals surface area contributed by atoms with Crippen LogP contribution in [-0.4, -0.2) is 89.6 Å². The number of allylic oxidation sites excluding steroid dienone is 3. The normalized spacial score (nSPS) is 34.2. The molecule has 3 saturated heterocycles. The third kappa shape index (κ3) is 8.54. The molecular formula is C31H51NO8. The molecule has 3 fully saturated rings. The van der Waals surface area contributed by atoms with Crippen LogP contribution in [0.15, 0.2) is 23.8 Å². The number of carbonyl (C=O) groups is 2. The number of ether oxygens (including phenoxy) is 4. The molecule has 3 rings (SSSR count). The highest BCUT2D eigenvalue weighted by molar-refractivity contribution is 5.68. The van der Waals surface area contributed by atoms with E-state index in [9.17, 15) is 19.8 Å². The Morgan fingerprint density at radius 1 is 1.18 bits per heavy atom. The summed E-state index contributed by atoms with van der Waals surface area (Å²) < 4.78 is 23.7. The van der Waals surface area contributed by atoms with Gasteiger partial charge in [0.1, 0.15) is 6.10 Å². The van der Waals surface area contributed by atoms with Crippen LogP contribution >= 0.6 is 0 Å². The first-order valence-corrected chi connectivity index (χ1v) is 14.9. The Kier molecular flexibility index (Phi) is 11.6. The predicted molar refractivity (Wildman–Crippen MR) is 152 cm³/mol. The van der Waals surface area contributed by atoms with Crippen LogP contribution in [-0.2, 0) is 23.7 Å². The van der Waals surface area contributed by atoms with Crippen molar-refractivity contribution >= 4 is 12.1 Å². The van der Waals surface area contributed by atoms with Gasteiger partial charge in [-0.2, -0.15) is 0 Å². The number of carboxylic acids is 1. The van der Waals surface area contributed by atoms with E-state index >= 15 is 0 Å². The minimum atomic E-state index is -0.927. The van der Waals surface area contributed by atoms with Gasteiger partial charge in [0.25, 0.3) is 0 Å². The standard InChI is InChI=1S/C31H51NO8/c1-19(18-31(6)29(40-31)22(4)28(37-7)23(5)33)12-11-13-20(2)27-21(3)25(16-24(38-27)17-26(34)35)39-30(36)32-14-9-8-10-15-32/h11-13,19,21-25,27-29,33H,8-10,14-18H2,1-7H3,(H,34,35)/b12-11+,20-13+/t19-,21+,22-,23-,24-,25-,27-,28-,29-,31-/m1/s1. The average Bonchev–Trinajstić information content (AvgIpc) is 3.56. The Labute approximate surface area is 239 Å². The van der Waals surface area contributed by atoms with Crippen LogP contribution in [0.5, 0.6) is 0 Å². The molecule has 0 aromatic carbocycles. The van der Waals surface area contributed by atoms with Gasteiger partial charge in [-0.15, -0.1) is 0 Å². The lowest BCUT2D eigenvalue weighted by atomic mass is 9.85. The average molecular weight is 566 g/mol. The molecule has 0 unspecified atom stereocenters. The lowest BCUT2D eigenvalue weighted by Gasteiger charge is -2.41. The van der Waals surface area contributed by atoms with E-state index in [1.807, 2.05) is 26.0 Å². The zero-order valence-corrected chi connectivity index (χ0v) is 25.4. The second-order valence-electron chi connectivity index (χ2n) is 12.5. The van der Waals surface area contributed by atoms with Crippen molar-refractivity contribution in [3.63, 3.8) is 0 Å². The van der Waals surface area contributed by atoms with Gasteiger partial charge in [0.15, 0.2) is 0 Å². The first-order valence-electron chi connectivity index (χ1n) is 14.9. The molecule has 0 spiro atoms. The zero-order valence-electron chi connectivity index (χ0n) is 25.4. The molecule has 10 atom stereocenters. The lowest BCUT2D eigenvalue weighted by molar-refractivity contribution is -0.151. The smallest absolute Gasteiger partial charge is 0.410 e. The Hall–Kier alpha value is -1.94. The first-order chi connectivity index (χ1) is 18.9. The van der Waals surface area contributed by atoms with Gasteiger partial charge in [0.2, 0.25) is 0 Å². The number of carboxylic acid groups (broad SMARTS) is 1. The number of aliphatic carboxylic acids is 1. The van der Waals surface area contributed by atoms with Crippen molar-refractivity contribution in [3.05, 3.63) is 23.8 Å². The summed E-state index contributed by atoms with van der Waals surface area (Å²) in [5.41, 5.74) is 0.703. The highest BCUT2D eigenvalue weighted by atomic mass is 16.6. The number of carbonyl (C=O) groups excluding carboxylic acids is 1. The van der Waals surface area contributed by atoms with E-state index in [2.05, 4.69) is 26.8 Å². The van der Waals surface area contributed by atoms with Gasteiger partial charge in [0.05, 0.1) is 42.5 Å². The number of hydrogen-bond acceptors (Lipinski definition) is 7. The fourth-order valence-corrected chi connectivity index (χ4v) is 6.65. The van der Waals surface area contributed by atoms with E-state index in [0.29, 0.717) is 19.5 Å². The van der Waals surface area contributed by atoms with E-state index in [4.69, 9.17) is 18.9 Å². The van der Waals surface area contributed by atoms with Crippen molar-refractivity contribution in [2.45, 2.75) is 122 Å². The van der Waals surface area contributed by atoms with Gasteiger partial charge in [-0.3, -0.25) is 4.79 Å². The third-order valence-corrected chi connectivity index (χ3v) is 8.83. The number of piperidine rings is 1.